The Kier molecular flexibility index (Phi) is 4.75. The topological polar surface area (TPSA) is 107 Å². The van der Waals surface area contributed by atoms with Gasteiger partial charge in [-0.1, -0.05) is 29.0 Å². The van der Waals surface area contributed by atoms with Gasteiger partial charge in [-0.25, -0.2) is 0 Å². The molecule has 0 atom stereocenters. The average molecular weight is 381 g/mol. The highest BCUT2D eigenvalue weighted by Crippen LogP contribution is 2.26. The molecule has 0 saturated carbocycles. The number of carbonyl (C=O) groups excluding carboxylic acids is 1. The number of aromatic nitrogens is 4. The molecular formula is C18H15N5O3S. The van der Waals surface area contributed by atoms with Gasteiger partial charge in [-0.05, 0) is 31.2 Å². The van der Waals surface area contributed by atoms with Crippen LogP contribution in [-0.2, 0) is 11.2 Å². The van der Waals surface area contributed by atoms with Crippen molar-refractivity contribution in [3.63, 3.8) is 0 Å². The van der Waals surface area contributed by atoms with Crippen LogP contribution in [0.3, 0.4) is 0 Å². The van der Waals surface area contributed by atoms with Gasteiger partial charge in [0.05, 0.1) is 6.26 Å². The van der Waals surface area contributed by atoms with Crippen molar-refractivity contribution >= 4 is 22.4 Å². The molecule has 1 N–H and O–H groups in total. The fraction of sp³-hybridized carbons (Fsp3) is 0.167. The Morgan fingerprint density at radius 2 is 1.96 bits per heavy atom. The number of aryl methyl sites for hydroxylation is 2. The summed E-state index contributed by atoms with van der Waals surface area (Å²) >= 11 is 1.24. The monoisotopic (exact) mass is 381 g/mol. The SMILES string of the molecule is Cc1ccc(-c2nnc(CCC(=O)Nc3nnc(-c4ccco4)s3)o2)cc1. The van der Waals surface area contributed by atoms with E-state index in [0.717, 1.165) is 11.1 Å². The number of amides is 1. The van der Waals surface area contributed by atoms with E-state index in [1.54, 1.807) is 18.4 Å². The number of hydrogen-bond donors (Lipinski definition) is 1. The second-order valence-corrected chi connectivity index (χ2v) is 6.78. The van der Waals surface area contributed by atoms with E-state index in [1.807, 2.05) is 31.2 Å². The number of benzene rings is 1. The van der Waals surface area contributed by atoms with E-state index < -0.39 is 0 Å². The van der Waals surface area contributed by atoms with E-state index in [2.05, 4.69) is 25.7 Å². The van der Waals surface area contributed by atoms with Crippen molar-refractivity contribution in [3.05, 3.63) is 54.1 Å². The van der Waals surface area contributed by atoms with Crippen LogP contribution in [0.4, 0.5) is 5.13 Å². The lowest BCUT2D eigenvalue weighted by molar-refractivity contribution is -0.116. The van der Waals surface area contributed by atoms with Crippen molar-refractivity contribution in [3.8, 4) is 22.2 Å². The van der Waals surface area contributed by atoms with Gasteiger partial charge in [-0.2, -0.15) is 0 Å². The first-order valence-corrected chi connectivity index (χ1v) is 9.06. The van der Waals surface area contributed by atoms with E-state index in [9.17, 15) is 4.79 Å². The predicted molar refractivity (Wildman–Crippen MR) is 99.0 cm³/mol. The molecule has 0 spiro atoms. The molecule has 4 rings (SSSR count). The van der Waals surface area contributed by atoms with Gasteiger partial charge in [0.15, 0.2) is 10.8 Å². The lowest BCUT2D eigenvalue weighted by Gasteiger charge is -1.98. The van der Waals surface area contributed by atoms with Gasteiger partial charge in [0.25, 0.3) is 0 Å². The summed E-state index contributed by atoms with van der Waals surface area (Å²) in [5.41, 5.74) is 2.00. The van der Waals surface area contributed by atoms with Crippen LogP contribution in [0.5, 0.6) is 0 Å². The van der Waals surface area contributed by atoms with Crippen molar-refractivity contribution in [1.82, 2.24) is 20.4 Å². The minimum atomic E-state index is -0.202. The fourth-order valence-electron chi connectivity index (χ4n) is 2.34. The van der Waals surface area contributed by atoms with Gasteiger partial charge in [0.1, 0.15) is 0 Å². The summed E-state index contributed by atoms with van der Waals surface area (Å²) in [4.78, 5) is 12.1. The van der Waals surface area contributed by atoms with Crippen LogP contribution in [0.25, 0.3) is 22.2 Å². The highest BCUT2D eigenvalue weighted by Gasteiger charge is 2.13. The van der Waals surface area contributed by atoms with E-state index in [1.165, 1.54) is 11.3 Å². The first kappa shape index (κ1) is 17.1. The molecule has 1 amide bonds. The number of hydrogen-bond acceptors (Lipinski definition) is 8. The molecule has 1 aromatic carbocycles. The molecule has 9 heteroatoms. The largest absolute Gasteiger partial charge is 0.462 e. The number of furan rings is 1. The fourth-order valence-corrected chi connectivity index (χ4v) is 3.07. The summed E-state index contributed by atoms with van der Waals surface area (Å²) < 4.78 is 10.9. The van der Waals surface area contributed by atoms with Crippen molar-refractivity contribution in [2.45, 2.75) is 19.8 Å². The van der Waals surface area contributed by atoms with E-state index in [4.69, 9.17) is 8.83 Å². The van der Waals surface area contributed by atoms with Crippen molar-refractivity contribution < 1.29 is 13.6 Å². The Bertz CT molecular complexity index is 1040. The van der Waals surface area contributed by atoms with Gasteiger partial charge in [0, 0.05) is 18.4 Å². The maximum absolute atomic E-state index is 12.1. The highest BCUT2D eigenvalue weighted by molar-refractivity contribution is 7.18. The molecule has 0 radical (unpaired) electrons. The molecular weight excluding hydrogens is 366 g/mol. The molecule has 3 heterocycles. The van der Waals surface area contributed by atoms with Crippen LogP contribution in [0.15, 0.2) is 51.5 Å². The van der Waals surface area contributed by atoms with Crippen molar-refractivity contribution in [1.29, 1.82) is 0 Å². The zero-order valence-corrected chi connectivity index (χ0v) is 15.2. The Morgan fingerprint density at radius 1 is 1.11 bits per heavy atom. The smallest absolute Gasteiger partial charge is 0.247 e. The average Bonchev–Trinajstić information content (AvgIpc) is 3.42. The number of nitrogens with one attached hydrogen (secondary N) is 1. The molecule has 0 aliphatic heterocycles. The molecule has 0 aliphatic rings. The number of rotatable bonds is 6. The van der Waals surface area contributed by atoms with Gasteiger partial charge >= 0.3 is 0 Å². The standard InChI is InChI=1S/C18H15N5O3S/c1-11-4-6-12(7-5-11)16-21-20-15(26-16)9-8-14(24)19-18-23-22-17(27-18)13-3-2-10-25-13/h2-7,10H,8-9H2,1H3,(H,19,23,24). The Balaban J connectivity index is 1.32. The third-order valence-electron chi connectivity index (χ3n) is 3.73. The molecule has 136 valence electrons. The molecule has 4 aromatic rings. The third kappa shape index (κ3) is 4.09. The highest BCUT2D eigenvalue weighted by atomic mass is 32.1. The van der Waals surface area contributed by atoms with Gasteiger partial charge in [0.2, 0.25) is 22.8 Å². The molecule has 0 unspecified atom stereocenters. The molecule has 0 fully saturated rings. The summed E-state index contributed by atoms with van der Waals surface area (Å²) in [5.74, 6) is 1.27. The summed E-state index contributed by atoms with van der Waals surface area (Å²) in [6, 6.07) is 11.4. The van der Waals surface area contributed by atoms with Crippen molar-refractivity contribution in [2.75, 3.05) is 5.32 Å². The maximum Gasteiger partial charge on any atom is 0.247 e. The molecule has 8 nitrogen and oxygen atoms in total. The zero-order valence-electron chi connectivity index (χ0n) is 14.4. The minimum absolute atomic E-state index is 0.200. The van der Waals surface area contributed by atoms with Crippen LogP contribution < -0.4 is 5.32 Å². The summed E-state index contributed by atoms with van der Waals surface area (Å²) in [6.07, 6.45) is 2.10. The third-order valence-corrected chi connectivity index (χ3v) is 4.59. The lowest BCUT2D eigenvalue weighted by atomic mass is 10.1. The first-order chi connectivity index (χ1) is 13.2. The second kappa shape index (κ2) is 7.50. The van der Waals surface area contributed by atoms with Crippen LogP contribution in [-0.4, -0.2) is 26.3 Å². The van der Waals surface area contributed by atoms with Crippen LogP contribution in [0, 0.1) is 6.92 Å². The van der Waals surface area contributed by atoms with E-state index in [-0.39, 0.29) is 12.3 Å². The van der Waals surface area contributed by atoms with Crippen LogP contribution in [0.2, 0.25) is 0 Å². The van der Waals surface area contributed by atoms with Gasteiger partial charge in [-0.3, -0.25) is 4.79 Å². The Morgan fingerprint density at radius 3 is 2.74 bits per heavy atom. The Labute approximate surface area is 158 Å². The molecule has 0 saturated heterocycles. The summed E-state index contributed by atoms with van der Waals surface area (Å²) in [7, 11) is 0. The maximum atomic E-state index is 12.1. The summed E-state index contributed by atoms with van der Waals surface area (Å²) in [6.45, 7) is 2.01. The second-order valence-electron chi connectivity index (χ2n) is 5.80. The summed E-state index contributed by atoms with van der Waals surface area (Å²) in [5, 5.41) is 19.7. The number of nitrogens with zero attached hydrogens (tertiary/aromatic N) is 4. The van der Waals surface area contributed by atoms with E-state index >= 15 is 0 Å². The first-order valence-electron chi connectivity index (χ1n) is 8.24. The molecule has 0 aliphatic carbocycles. The zero-order chi connectivity index (χ0) is 18.6. The predicted octanol–water partition coefficient (Wildman–Crippen LogP) is 3.73. The Hall–Kier alpha value is -3.33. The van der Waals surface area contributed by atoms with Gasteiger partial charge < -0.3 is 14.2 Å². The molecule has 27 heavy (non-hydrogen) atoms. The molecule has 0 bridgehead atoms. The molecule has 3 aromatic heterocycles. The van der Waals surface area contributed by atoms with Crippen LogP contribution >= 0.6 is 11.3 Å². The minimum Gasteiger partial charge on any atom is -0.462 e. The normalized spacial score (nSPS) is 10.9. The van der Waals surface area contributed by atoms with Gasteiger partial charge in [-0.15, -0.1) is 20.4 Å². The lowest BCUT2D eigenvalue weighted by Crippen LogP contribution is -2.12. The number of anilines is 1. The van der Waals surface area contributed by atoms with E-state index in [0.29, 0.717) is 34.1 Å². The van der Waals surface area contributed by atoms with Crippen molar-refractivity contribution in [2.24, 2.45) is 0 Å². The number of carbonyl (C=O) groups is 1. The quantitative estimate of drug-likeness (QED) is 0.542. The van der Waals surface area contributed by atoms with Crippen LogP contribution in [0.1, 0.15) is 17.9 Å².